The van der Waals surface area contributed by atoms with Gasteiger partial charge in [-0.1, -0.05) is 0 Å². The fraction of sp³-hybridized carbons (Fsp3) is 0.476. The van der Waals surface area contributed by atoms with Crippen molar-refractivity contribution in [1.29, 1.82) is 0 Å². The van der Waals surface area contributed by atoms with E-state index in [9.17, 15) is 8.78 Å². The monoisotopic (exact) mass is 534 g/mol. The summed E-state index contributed by atoms with van der Waals surface area (Å²) in [6.07, 6.45) is 1.97. The number of thiophene rings is 1. The van der Waals surface area contributed by atoms with Gasteiger partial charge in [0.1, 0.15) is 0 Å². The molecule has 0 spiro atoms. The Morgan fingerprint density at radius 1 is 1.28 bits per heavy atom. The minimum Gasteiger partial charge on any atom is -0.371 e. The first kappa shape index (κ1) is 23.9. The molecule has 1 saturated heterocycles. The summed E-state index contributed by atoms with van der Waals surface area (Å²) in [6.45, 7) is 6.74. The van der Waals surface area contributed by atoms with E-state index >= 15 is 0 Å². The van der Waals surface area contributed by atoms with Crippen molar-refractivity contribution < 1.29 is 8.78 Å². The second kappa shape index (κ2) is 11.1. The van der Waals surface area contributed by atoms with Crippen molar-refractivity contribution in [3.8, 4) is 0 Å². The standard InChI is InChI=1S/C21H28F2N4S.HI/c1-14(10-18-6-4-15(2)28-18)26-21(24-3)25-12-16-8-9-27(13-16)17-5-7-19(22)20(23)11-17;/h4-7,11,14,16H,8-10,12-13H2,1-3H3,(H2,24,25,26);1H. The quantitative estimate of drug-likeness (QED) is 0.324. The van der Waals surface area contributed by atoms with E-state index in [0.29, 0.717) is 5.92 Å². The van der Waals surface area contributed by atoms with Crippen LogP contribution in [0.15, 0.2) is 35.3 Å². The summed E-state index contributed by atoms with van der Waals surface area (Å²) >= 11 is 1.83. The van der Waals surface area contributed by atoms with E-state index in [1.54, 1.807) is 13.1 Å². The summed E-state index contributed by atoms with van der Waals surface area (Å²) in [5.41, 5.74) is 0.740. The number of guanidine groups is 1. The van der Waals surface area contributed by atoms with Crippen molar-refractivity contribution in [2.45, 2.75) is 32.7 Å². The number of nitrogens with one attached hydrogen (secondary N) is 2. The molecule has 1 aromatic heterocycles. The van der Waals surface area contributed by atoms with Crippen molar-refractivity contribution in [2.24, 2.45) is 10.9 Å². The minimum atomic E-state index is -0.803. The molecule has 1 fully saturated rings. The maximum Gasteiger partial charge on any atom is 0.191 e. The van der Waals surface area contributed by atoms with Crippen molar-refractivity contribution in [2.75, 3.05) is 31.6 Å². The second-order valence-corrected chi connectivity index (χ2v) is 8.79. The van der Waals surface area contributed by atoms with Crippen LogP contribution < -0.4 is 15.5 Å². The first-order chi connectivity index (χ1) is 13.4. The molecule has 4 nitrogen and oxygen atoms in total. The molecule has 0 aliphatic carbocycles. The molecule has 29 heavy (non-hydrogen) atoms. The molecule has 0 radical (unpaired) electrons. The maximum absolute atomic E-state index is 13.5. The molecule has 160 valence electrons. The number of hydrogen-bond acceptors (Lipinski definition) is 3. The number of aliphatic imine (C=N–C) groups is 1. The van der Waals surface area contributed by atoms with Gasteiger partial charge in [0.25, 0.3) is 0 Å². The minimum absolute atomic E-state index is 0. The normalized spacial score (nSPS) is 17.8. The van der Waals surface area contributed by atoms with Crippen LogP contribution >= 0.6 is 35.3 Å². The Labute approximate surface area is 192 Å². The van der Waals surface area contributed by atoms with Gasteiger partial charge < -0.3 is 15.5 Å². The van der Waals surface area contributed by atoms with E-state index in [4.69, 9.17) is 0 Å². The third-order valence-corrected chi connectivity index (χ3v) is 6.05. The average molecular weight is 534 g/mol. The second-order valence-electron chi connectivity index (χ2n) is 7.41. The molecule has 0 saturated carbocycles. The molecule has 2 unspecified atom stereocenters. The van der Waals surface area contributed by atoms with Gasteiger partial charge in [-0.05, 0) is 50.5 Å². The number of nitrogens with zero attached hydrogens (tertiary/aromatic N) is 2. The summed E-state index contributed by atoms with van der Waals surface area (Å²) in [5.74, 6) is -0.365. The molecule has 2 atom stereocenters. The van der Waals surface area contributed by atoms with Gasteiger partial charge in [-0.15, -0.1) is 35.3 Å². The number of aryl methyl sites for hydroxylation is 1. The average Bonchev–Trinajstić information content (AvgIpc) is 3.30. The molecule has 1 aromatic carbocycles. The van der Waals surface area contributed by atoms with Gasteiger partial charge in [0, 0.05) is 60.7 Å². The Kier molecular flexibility index (Phi) is 9.13. The highest BCUT2D eigenvalue weighted by atomic mass is 127. The number of benzene rings is 1. The van der Waals surface area contributed by atoms with Crippen LogP contribution in [-0.4, -0.2) is 38.7 Å². The lowest BCUT2D eigenvalue weighted by atomic mass is 10.1. The van der Waals surface area contributed by atoms with Crippen LogP contribution in [0.25, 0.3) is 0 Å². The zero-order chi connectivity index (χ0) is 20.1. The third-order valence-electron chi connectivity index (χ3n) is 5.02. The zero-order valence-corrected chi connectivity index (χ0v) is 20.2. The van der Waals surface area contributed by atoms with E-state index in [2.05, 4.69) is 46.5 Å². The fourth-order valence-electron chi connectivity index (χ4n) is 3.53. The van der Waals surface area contributed by atoms with Gasteiger partial charge in [-0.25, -0.2) is 8.78 Å². The van der Waals surface area contributed by atoms with Crippen LogP contribution in [0.3, 0.4) is 0 Å². The number of halogens is 3. The lowest BCUT2D eigenvalue weighted by Crippen LogP contribution is -2.44. The van der Waals surface area contributed by atoms with E-state index < -0.39 is 11.6 Å². The van der Waals surface area contributed by atoms with Crippen molar-refractivity contribution >= 4 is 47.0 Å². The smallest absolute Gasteiger partial charge is 0.191 e. The van der Waals surface area contributed by atoms with Crippen molar-refractivity contribution in [3.05, 3.63) is 51.7 Å². The lowest BCUT2D eigenvalue weighted by molar-refractivity contribution is 0.508. The van der Waals surface area contributed by atoms with E-state index in [0.717, 1.165) is 44.1 Å². The van der Waals surface area contributed by atoms with Gasteiger partial charge in [0.05, 0.1) is 0 Å². The Morgan fingerprint density at radius 2 is 2.07 bits per heavy atom. The summed E-state index contributed by atoms with van der Waals surface area (Å²) in [5, 5.41) is 6.85. The Morgan fingerprint density at radius 3 is 2.72 bits per heavy atom. The molecule has 0 amide bonds. The van der Waals surface area contributed by atoms with E-state index in [-0.39, 0.29) is 30.0 Å². The van der Waals surface area contributed by atoms with Crippen molar-refractivity contribution in [3.63, 3.8) is 0 Å². The molecule has 2 N–H and O–H groups in total. The predicted molar refractivity (Wildman–Crippen MR) is 129 cm³/mol. The SMILES string of the molecule is CN=C(NCC1CCN(c2ccc(F)c(F)c2)C1)NC(C)Cc1ccc(C)s1.I. The molecular formula is C21H29F2IN4S. The molecule has 1 aliphatic rings. The van der Waals surface area contributed by atoms with Crippen LogP contribution in [0.4, 0.5) is 14.5 Å². The van der Waals surface area contributed by atoms with Gasteiger partial charge in [-0.3, -0.25) is 4.99 Å². The van der Waals surface area contributed by atoms with Gasteiger partial charge >= 0.3 is 0 Å². The summed E-state index contributed by atoms with van der Waals surface area (Å²) in [6, 6.07) is 8.73. The molecule has 2 aromatic rings. The maximum atomic E-state index is 13.5. The van der Waals surface area contributed by atoms with Gasteiger partial charge in [-0.2, -0.15) is 0 Å². The molecule has 3 rings (SSSR count). The van der Waals surface area contributed by atoms with Crippen LogP contribution in [0.2, 0.25) is 0 Å². The Hall–Kier alpha value is -1.42. The first-order valence-electron chi connectivity index (χ1n) is 9.67. The number of anilines is 1. The third kappa shape index (κ3) is 6.80. The van der Waals surface area contributed by atoms with Crippen LogP contribution in [0.1, 0.15) is 23.1 Å². The lowest BCUT2D eigenvalue weighted by Gasteiger charge is -2.21. The number of hydrogen-bond donors (Lipinski definition) is 2. The van der Waals surface area contributed by atoms with Gasteiger partial charge in [0.2, 0.25) is 0 Å². The largest absolute Gasteiger partial charge is 0.371 e. The highest BCUT2D eigenvalue weighted by molar-refractivity contribution is 14.0. The molecular weight excluding hydrogens is 505 g/mol. The Balaban J connectivity index is 0.00000300. The highest BCUT2D eigenvalue weighted by Gasteiger charge is 2.23. The highest BCUT2D eigenvalue weighted by Crippen LogP contribution is 2.25. The predicted octanol–water partition coefficient (Wildman–Crippen LogP) is 4.58. The molecule has 2 heterocycles. The Bertz CT molecular complexity index is 827. The summed E-state index contributed by atoms with van der Waals surface area (Å²) < 4.78 is 26.6. The topological polar surface area (TPSA) is 39.7 Å². The summed E-state index contributed by atoms with van der Waals surface area (Å²) in [4.78, 5) is 9.13. The molecule has 1 aliphatic heterocycles. The first-order valence-corrected chi connectivity index (χ1v) is 10.5. The van der Waals surface area contributed by atoms with Crippen LogP contribution in [-0.2, 0) is 6.42 Å². The van der Waals surface area contributed by atoms with Crippen LogP contribution in [0.5, 0.6) is 0 Å². The van der Waals surface area contributed by atoms with Gasteiger partial charge in [0.15, 0.2) is 17.6 Å². The number of rotatable bonds is 6. The molecule has 0 bridgehead atoms. The molecule has 8 heteroatoms. The van der Waals surface area contributed by atoms with Crippen LogP contribution in [0, 0.1) is 24.5 Å². The zero-order valence-electron chi connectivity index (χ0n) is 17.0. The summed E-state index contributed by atoms with van der Waals surface area (Å²) in [7, 11) is 1.78. The van der Waals surface area contributed by atoms with E-state index in [1.807, 2.05) is 11.3 Å². The fourth-order valence-corrected chi connectivity index (χ4v) is 4.55. The van der Waals surface area contributed by atoms with Crippen molar-refractivity contribution in [1.82, 2.24) is 10.6 Å². The van der Waals surface area contributed by atoms with E-state index in [1.165, 1.54) is 21.9 Å².